The predicted molar refractivity (Wildman–Crippen MR) is 57.2 cm³/mol. The molecule has 0 unspecified atom stereocenters. The van der Waals surface area contributed by atoms with Crippen LogP contribution in [0.1, 0.15) is 26.7 Å². The van der Waals surface area contributed by atoms with Crippen LogP contribution >= 0.6 is 0 Å². The molecule has 82 valence electrons. The molecule has 0 saturated carbocycles. The molecule has 6 heteroatoms. The molecule has 0 aromatic carbocycles. The third-order valence-corrected chi connectivity index (χ3v) is 2.98. The van der Waals surface area contributed by atoms with E-state index in [-0.39, 0.29) is 12.2 Å². The quantitative estimate of drug-likeness (QED) is 0.473. The minimum absolute atomic E-state index is 0.0289. The van der Waals surface area contributed by atoms with E-state index in [4.69, 9.17) is 0 Å². The van der Waals surface area contributed by atoms with E-state index in [1.165, 1.54) is 0 Å². The van der Waals surface area contributed by atoms with E-state index < -0.39 is 9.69 Å². The van der Waals surface area contributed by atoms with Gasteiger partial charge in [0.1, 0.15) is 0 Å². The standard InChI is InChI=1S/C8H18BNO3S/c1-8(2)4-6-10-5-3-7-14(12,13)9-11/h8,10H,3-7H2,1-2H3. The first-order valence-corrected chi connectivity index (χ1v) is 6.58. The molecule has 0 aliphatic carbocycles. The molecular weight excluding hydrogens is 201 g/mol. The van der Waals surface area contributed by atoms with Crippen molar-refractivity contribution >= 4 is 16.1 Å². The zero-order valence-corrected chi connectivity index (χ0v) is 9.64. The van der Waals surface area contributed by atoms with Crippen LogP contribution in [0, 0.1) is 5.92 Å². The van der Waals surface area contributed by atoms with Crippen molar-refractivity contribution in [3.8, 4) is 0 Å². The normalized spacial score (nSPS) is 11.6. The minimum atomic E-state index is -3.44. The molecule has 0 aliphatic heterocycles. The van der Waals surface area contributed by atoms with Gasteiger partial charge in [0, 0.05) is 0 Å². The Hall–Kier alpha value is -0.225. The molecule has 0 aromatic rings. The molecule has 0 saturated heterocycles. The van der Waals surface area contributed by atoms with Crippen LogP contribution in [-0.4, -0.2) is 33.7 Å². The predicted octanol–water partition coefficient (Wildman–Crippen LogP) is 0.392. The second-order valence-corrected chi connectivity index (χ2v) is 5.68. The number of hydrogen-bond donors (Lipinski definition) is 1. The van der Waals surface area contributed by atoms with Gasteiger partial charge < -0.3 is 0 Å². The number of nitrogens with one attached hydrogen (secondary N) is 1. The van der Waals surface area contributed by atoms with Gasteiger partial charge in [-0.15, -0.1) is 0 Å². The van der Waals surface area contributed by atoms with E-state index >= 15 is 0 Å². The van der Waals surface area contributed by atoms with Gasteiger partial charge >= 0.3 is 86.0 Å². The molecule has 0 heterocycles. The molecular formula is C8H18BNO3S. The van der Waals surface area contributed by atoms with E-state index in [1.807, 2.05) is 0 Å². The SMILES string of the molecule is CC(C)CCNCCCS(=O)(=O)B=O. The molecule has 0 fully saturated rings. The van der Waals surface area contributed by atoms with Crippen molar-refractivity contribution in [2.75, 3.05) is 18.8 Å². The molecule has 0 bridgehead atoms. The zero-order chi connectivity index (χ0) is 11.0. The van der Waals surface area contributed by atoms with Gasteiger partial charge in [0.2, 0.25) is 0 Å². The van der Waals surface area contributed by atoms with E-state index in [2.05, 4.69) is 19.2 Å². The van der Waals surface area contributed by atoms with E-state index in [0.29, 0.717) is 18.9 Å². The second kappa shape index (κ2) is 7.12. The van der Waals surface area contributed by atoms with Crippen molar-refractivity contribution in [1.82, 2.24) is 5.32 Å². The fourth-order valence-electron chi connectivity index (χ4n) is 0.962. The monoisotopic (exact) mass is 219 g/mol. The van der Waals surface area contributed by atoms with E-state index in [0.717, 1.165) is 13.0 Å². The van der Waals surface area contributed by atoms with Crippen LogP contribution in [0.5, 0.6) is 0 Å². The molecule has 0 amide bonds. The summed E-state index contributed by atoms with van der Waals surface area (Å²) in [7, 11) is -3.44. The van der Waals surface area contributed by atoms with Gasteiger partial charge in [0.05, 0.1) is 0 Å². The van der Waals surface area contributed by atoms with Crippen molar-refractivity contribution in [1.29, 1.82) is 0 Å². The Labute approximate surface area is 86.5 Å². The average Bonchev–Trinajstić information content (AvgIpc) is 2.10. The molecule has 14 heavy (non-hydrogen) atoms. The molecule has 1 N–H and O–H groups in total. The Kier molecular flexibility index (Phi) is 7.00. The molecule has 4 nitrogen and oxygen atoms in total. The van der Waals surface area contributed by atoms with E-state index in [1.54, 1.807) is 0 Å². The third-order valence-electron chi connectivity index (χ3n) is 1.83. The molecule has 0 radical (unpaired) electrons. The Morgan fingerprint density at radius 2 is 1.93 bits per heavy atom. The summed E-state index contributed by atoms with van der Waals surface area (Å²) in [6.07, 6.45) is 1.61. The van der Waals surface area contributed by atoms with Gasteiger partial charge in [0.25, 0.3) is 0 Å². The molecule has 0 spiro atoms. The van der Waals surface area contributed by atoms with Crippen LogP contribution in [0.2, 0.25) is 0 Å². The maximum absolute atomic E-state index is 10.7. The van der Waals surface area contributed by atoms with Gasteiger partial charge in [-0.3, -0.25) is 0 Å². The zero-order valence-electron chi connectivity index (χ0n) is 8.82. The summed E-state index contributed by atoms with van der Waals surface area (Å²) in [6.45, 7) is 5.83. The number of rotatable bonds is 8. The topological polar surface area (TPSA) is 63.2 Å². The first kappa shape index (κ1) is 13.8. The molecule has 0 aliphatic rings. The average molecular weight is 219 g/mol. The van der Waals surface area contributed by atoms with Crippen LogP contribution < -0.4 is 5.32 Å². The molecule has 0 atom stereocenters. The van der Waals surface area contributed by atoms with Crippen LogP contribution in [0.4, 0.5) is 0 Å². The Morgan fingerprint density at radius 1 is 1.29 bits per heavy atom. The fraction of sp³-hybridized carbons (Fsp3) is 1.00. The van der Waals surface area contributed by atoms with Crippen molar-refractivity contribution in [2.24, 2.45) is 5.92 Å². The summed E-state index contributed by atoms with van der Waals surface area (Å²) in [5.74, 6) is 0.603. The van der Waals surface area contributed by atoms with Crippen molar-refractivity contribution in [2.45, 2.75) is 26.7 Å². The van der Waals surface area contributed by atoms with Crippen LogP contribution in [0.25, 0.3) is 0 Å². The summed E-state index contributed by atoms with van der Waals surface area (Å²) >= 11 is 0. The van der Waals surface area contributed by atoms with Gasteiger partial charge in [-0.05, 0) is 0 Å². The Morgan fingerprint density at radius 3 is 2.43 bits per heavy atom. The van der Waals surface area contributed by atoms with Crippen LogP contribution in [0.3, 0.4) is 0 Å². The van der Waals surface area contributed by atoms with Gasteiger partial charge in [-0.1, -0.05) is 0 Å². The fourth-order valence-corrected chi connectivity index (χ4v) is 1.61. The Balaban J connectivity index is 3.35. The van der Waals surface area contributed by atoms with Crippen LogP contribution in [0.15, 0.2) is 0 Å². The van der Waals surface area contributed by atoms with Crippen molar-refractivity contribution in [3.63, 3.8) is 0 Å². The van der Waals surface area contributed by atoms with E-state index in [9.17, 15) is 13.1 Å². The van der Waals surface area contributed by atoms with Gasteiger partial charge in [-0.2, -0.15) is 0 Å². The summed E-state index contributed by atoms with van der Waals surface area (Å²) in [5.41, 5.74) is 0. The summed E-state index contributed by atoms with van der Waals surface area (Å²) in [5, 5.41) is 3.13. The first-order chi connectivity index (χ1) is 6.48. The maximum atomic E-state index is 10.7. The third kappa shape index (κ3) is 8.38. The van der Waals surface area contributed by atoms with Crippen molar-refractivity contribution in [3.05, 3.63) is 0 Å². The Bertz CT molecular complexity index is 251. The van der Waals surface area contributed by atoms with Crippen LogP contribution in [-0.2, 0) is 14.4 Å². The van der Waals surface area contributed by atoms with Crippen molar-refractivity contribution < 1.29 is 13.1 Å². The summed E-state index contributed by atoms with van der Waals surface area (Å²) in [4.78, 5) is 0. The van der Waals surface area contributed by atoms with Gasteiger partial charge in [0.15, 0.2) is 0 Å². The summed E-state index contributed by atoms with van der Waals surface area (Å²) < 4.78 is 31.5. The second-order valence-electron chi connectivity index (χ2n) is 3.75. The first-order valence-electron chi connectivity index (χ1n) is 4.86. The summed E-state index contributed by atoms with van der Waals surface area (Å²) in [6, 6.07) is 0. The molecule has 0 aromatic heterocycles. The molecule has 0 rings (SSSR count). The van der Waals surface area contributed by atoms with Gasteiger partial charge in [-0.25, -0.2) is 0 Å². The number of hydrogen-bond acceptors (Lipinski definition) is 4.